The highest BCUT2D eigenvalue weighted by Crippen LogP contribution is 2.23. The van der Waals surface area contributed by atoms with Gasteiger partial charge in [-0.3, -0.25) is 9.69 Å². The van der Waals surface area contributed by atoms with Crippen LogP contribution in [0.4, 0.5) is 5.69 Å². The number of benzene rings is 1. The highest BCUT2D eigenvalue weighted by atomic mass is 35.5. The van der Waals surface area contributed by atoms with Crippen molar-refractivity contribution in [2.75, 3.05) is 44.2 Å². The molecule has 1 saturated carbocycles. The predicted molar refractivity (Wildman–Crippen MR) is 122 cm³/mol. The summed E-state index contributed by atoms with van der Waals surface area (Å²) >= 11 is 0. The van der Waals surface area contributed by atoms with Crippen LogP contribution in [0, 0.1) is 12.8 Å². The minimum absolute atomic E-state index is 0. The van der Waals surface area contributed by atoms with Gasteiger partial charge in [-0.1, -0.05) is 25.0 Å². The largest absolute Gasteiger partial charge is 0.369 e. The van der Waals surface area contributed by atoms with Gasteiger partial charge in [0.05, 0.1) is 0 Å². The molecule has 3 rings (SSSR count). The fourth-order valence-electron chi connectivity index (χ4n) is 4.27. The van der Waals surface area contributed by atoms with Crippen molar-refractivity contribution in [3.05, 3.63) is 29.8 Å². The van der Waals surface area contributed by atoms with Crippen LogP contribution < -0.4 is 16.0 Å². The average molecular weight is 431 g/mol. The SMILES string of the molecule is Cc1cccc(N2CCN(CCC(=O)NC3CCCCC3CN)CC2)c1.Cl.Cl. The number of hydrogen-bond acceptors (Lipinski definition) is 4. The second kappa shape index (κ2) is 12.5. The summed E-state index contributed by atoms with van der Waals surface area (Å²) in [4.78, 5) is 17.2. The van der Waals surface area contributed by atoms with E-state index in [1.165, 1.54) is 24.1 Å². The Balaban J connectivity index is 0.00000196. The van der Waals surface area contributed by atoms with E-state index in [4.69, 9.17) is 5.73 Å². The van der Waals surface area contributed by atoms with Gasteiger partial charge in [0.15, 0.2) is 0 Å². The van der Waals surface area contributed by atoms with Crippen molar-refractivity contribution in [3.63, 3.8) is 0 Å². The number of carbonyl (C=O) groups excluding carboxylic acids is 1. The molecule has 0 radical (unpaired) electrons. The number of anilines is 1. The van der Waals surface area contributed by atoms with Crippen molar-refractivity contribution in [2.45, 2.75) is 45.1 Å². The predicted octanol–water partition coefficient (Wildman–Crippen LogP) is 2.98. The summed E-state index contributed by atoms with van der Waals surface area (Å²) in [5, 5.41) is 3.24. The lowest BCUT2D eigenvalue weighted by atomic mass is 9.84. The zero-order valence-electron chi connectivity index (χ0n) is 16.9. The molecule has 7 heteroatoms. The van der Waals surface area contributed by atoms with Gasteiger partial charge in [-0.05, 0) is 49.9 Å². The van der Waals surface area contributed by atoms with Crippen molar-refractivity contribution in [1.29, 1.82) is 0 Å². The lowest BCUT2D eigenvalue weighted by molar-refractivity contribution is -0.122. The minimum atomic E-state index is 0. The highest BCUT2D eigenvalue weighted by Gasteiger charge is 2.25. The molecule has 1 heterocycles. The quantitative estimate of drug-likeness (QED) is 0.727. The smallest absolute Gasteiger partial charge is 0.221 e. The van der Waals surface area contributed by atoms with Gasteiger partial charge in [0, 0.05) is 50.9 Å². The lowest BCUT2D eigenvalue weighted by Crippen LogP contribution is -2.48. The second-order valence-corrected chi connectivity index (χ2v) is 7.87. The number of carbonyl (C=O) groups is 1. The fourth-order valence-corrected chi connectivity index (χ4v) is 4.27. The lowest BCUT2D eigenvalue weighted by Gasteiger charge is -2.36. The highest BCUT2D eigenvalue weighted by molar-refractivity contribution is 5.85. The number of hydrogen-bond donors (Lipinski definition) is 2. The fraction of sp³-hybridized carbons (Fsp3) is 0.667. The molecule has 3 N–H and O–H groups in total. The molecule has 1 saturated heterocycles. The van der Waals surface area contributed by atoms with Crippen LogP contribution in [0.1, 0.15) is 37.7 Å². The number of aryl methyl sites for hydroxylation is 1. The molecule has 2 fully saturated rings. The van der Waals surface area contributed by atoms with Crippen molar-refractivity contribution in [2.24, 2.45) is 11.7 Å². The summed E-state index contributed by atoms with van der Waals surface area (Å²) < 4.78 is 0. The molecular weight excluding hydrogens is 395 g/mol. The van der Waals surface area contributed by atoms with Crippen LogP contribution in [0.15, 0.2) is 24.3 Å². The van der Waals surface area contributed by atoms with Crippen molar-refractivity contribution < 1.29 is 4.79 Å². The van der Waals surface area contributed by atoms with Crippen LogP contribution in [0.5, 0.6) is 0 Å². The first kappa shape index (κ1) is 25.0. The molecule has 160 valence electrons. The van der Waals surface area contributed by atoms with E-state index >= 15 is 0 Å². The number of amides is 1. The third-order valence-corrected chi connectivity index (χ3v) is 5.95. The molecule has 2 atom stereocenters. The van der Waals surface area contributed by atoms with E-state index in [-0.39, 0.29) is 30.7 Å². The topological polar surface area (TPSA) is 61.6 Å². The second-order valence-electron chi connectivity index (χ2n) is 7.87. The number of piperazine rings is 1. The van der Waals surface area contributed by atoms with Crippen LogP contribution >= 0.6 is 24.8 Å². The Labute approximate surface area is 182 Å². The van der Waals surface area contributed by atoms with E-state index in [1.807, 2.05) is 0 Å². The molecule has 1 aliphatic heterocycles. The zero-order chi connectivity index (χ0) is 18.4. The van der Waals surface area contributed by atoms with Gasteiger partial charge in [-0.15, -0.1) is 24.8 Å². The van der Waals surface area contributed by atoms with Gasteiger partial charge in [0.2, 0.25) is 5.91 Å². The van der Waals surface area contributed by atoms with Crippen LogP contribution in [0.3, 0.4) is 0 Å². The normalized spacial score (nSPS) is 22.7. The minimum Gasteiger partial charge on any atom is -0.369 e. The molecule has 1 aromatic carbocycles. The summed E-state index contributed by atoms with van der Waals surface area (Å²) in [6.45, 7) is 7.79. The summed E-state index contributed by atoms with van der Waals surface area (Å²) in [5.41, 5.74) is 8.48. The van der Waals surface area contributed by atoms with Gasteiger partial charge >= 0.3 is 0 Å². The molecule has 0 bridgehead atoms. The molecule has 1 aromatic rings. The van der Waals surface area contributed by atoms with Crippen LogP contribution in [0.25, 0.3) is 0 Å². The Bertz CT molecular complexity index is 594. The van der Waals surface area contributed by atoms with Crippen molar-refractivity contribution in [1.82, 2.24) is 10.2 Å². The van der Waals surface area contributed by atoms with E-state index in [0.29, 0.717) is 24.9 Å². The first-order valence-corrected chi connectivity index (χ1v) is 10.2. The van der Waals surface area contributed by atoms with E-state index in [9.17, 15) is 4.79 Å². The Kier molecular flexibility index (Phi) is 11.2. The third kappa shape index (κ3) is 7.11. The summed E-state index contributed by atoms with van der Waals surface area (Å²) in [5.74, 6) is 0.655. The Morgan fingerprint density at radius 1 is 1.14 bits per heavy atom. The number of nitrogens with two attached hydrogens (primary N) is 1. The maximum atomic E-state index is 12.3. The summed E-state index contributed by atoms with van der Waals surface area (Å²) in [6, 6.07) is 9.00. The molecule has 28 heavy (non-hydrogen) atoms. The van der Waals surface area contributed by atoms with Crippen LogP contribution in [-0.2, 0) is 4.79 Å². The van der Waals surface area contributed by atoms with E-state index < -0.39 is 0 Å². The van der Waals surface area contributed by atoms with Gasteiger partial charge in [-0.2, -0.15) is 0 Å². The average Bonchev–Trinajstić information content (AvgIpc) is 2.67. The molecular formula is C21H36Cl2N4O. The van der Waals surface area contributed by atoms with Crippen LogP contribution in [-0.4, -0.2) is 56.1 Å². The first-order valence-electron chi connectivity index (χ1n) is 10.2. The molecule has 5 nitrogen and oxygen atoms in total. The molecule has 2 aliphatic rings. The number of halogens is 2. The number of nitrogens with zero attached hydrogens (tertiary/aromatic N) is 2. The van der Waals surface area contributed by atoms with Crippen molar-refractivity contribution in [3.8, 4) is 0 Å². The van der Waals surface area contributed by atoms with Gasteiger partial charge in [0.25, 0.3) is 0 Å². The standard InChI is InChI=1S/C21H34N4O.2ClH/c1-17-5-4-7-19(15-17)25-13-11-24(12-14-25)10-9-21(26)23-20-8-3-2-6-18(20)16-22;;/h4-5,7,15,18,20H,2-3,6,8-14,16,22H2,1H3,(H,23,26);2*1H. The molecule has 1 amide bonds. The molecule has 1 aliphatic carbocycles. The zero-order valence-corrected chi connectivity index (χ0v) is 18.6. The summed E-state index contributed by atoms with van der Waals surface area (Å²) in [6.07, 6.45) is 5.30. The monoisotopic (exact) mass is 430 g/mol. The third-order valence-electron chi connectivity index (χ3n) is 5.95. The number of rotatable bonds is 6. The summed E-state index contributed by atoms with van der Waals surface area (Å²) in [7, 11) is 0. The maximum Gasteiger partial charge on any atom is 0.221 e. The number of nitrogens with one attached hydrogen (secondary N) is 1. The molecule has 0 aromatic heterocycles. The first-order chi connectivity index (χ1) is 12.7. The van der Waals surface area contributed by atoms with Crippen molar-refractivity contribution >= 4 is 36.4 Å². The Morgan fingerprint density at radius 3 is 2.54 bits per heavy atom. The van der Waals surface area contributed by atoms with Gasteiger partial charge < -0.3 is 16.0 Å². The maximum absolute atomic E-state index is 12.3. The van der Waals surface area contributed by atoms with Gasteiger partial charge in [0.1, 0.15) is 0 Å². The van der Waals surface area contributed by atoms with E-state index in [0.717, 1.165) is 45.6 Å². The molecule has 2 unspecified atom stereocenters. The van der Waals surface area contributed by atoms with E-state index in [2.05, 4.69) is 46.3 Å². The Hall–Kier alpha value is -1.01. The molecule has 0 spiro atoms. The van der Waals surface area contributed by atoms with Gasteiger partial charge in [-0.25, -0.2) is 0 Å². The Morgan fingerprint density at radius 2 is 1.86 bits per heavy atom. The van der Waals surface area contributed by atoms with Crippen LogP contribution in [0.2, 0.25) is 0 Å². The van der Waals surface area contributed by atoms with E-state index in [1.54, 1.807) is 0 Å².